The largest absolute Gasteiger partial charge is 2.00 e. The number of ether oxygens (including phenoxy) is 2. The molecule has 4 heterocycles. The number of nitrogens with zero attached hydrogens (tertiary/aromatic N) is 4. The normalized spacial score (nSPS) is 14.6. The molecule has 26 heteroatoms. The number of esters is 2. The maximum atomic E-state index is 12.6. The number of hydrogen-bond acceptors (Lipinski definition) is 20. The van der Waals surface area contributed by atoms with Crippen molar-refractivity contribution in [3.8, 4) is 0 Å². The van der Waals surface area contributed by atoms with Crippen molar-refractivity contribution in [1.82, 2.24) is 19.6 Å². The van der Waals surface area contributed by atoms with Gasteiger partial charge in [0.25, 0.3) is 47.3 Å². The molecule has 0 saturated carbocycles. The summed E-state index contributed by atoms with van der Waals surface area (Å²) in [5, 5.41) is 47.2. The average Bonchev–Trinajstić information content (AvgIpc) is 1.61. The van der Waals surface area contributed by atoms with E-state index < -0.39 is 117 Å². The molecule has 2 radical (unpaired) electrons. The third-order valence-corrected chi connectivity index (χ3v) is 20.7. The molecule has 558 valence electrons. The first-order valence-electron chi connectivity index (χ1n) is 34.2. The van der Waals surface area contributed by atoms with Gasteiger partial charge in [0.15, 0.2) is 0 Å². The van der Waals surface area contributed by atoms with Gasteiger partial charge in [0.1, 0.15) is 0 Å². The summed E-state index contributed by atoms with van der Waals surface area (Å²) < 4.78 is 8.81. The Bertz CT molecular complexity index is 3040. The van der Waals surface area contributed by atoms with Gasteiger partial charge >= 0.3 is 50.9 Å². The molecule has 0 saturated heterocycles. The Hall–Kier alpha value is -8.49. The number of carbonyl (C=O) groups excluding carboxylic acids is 14. The molecule has 0 aromatic heterocycles. The van der Waals surface area contributed by atoms with E-state index >= 15 is 0 Å². The maximum Gasteiger partial charge on any atom is 2.00 e. The summed E-state index contributed by atoms with van der Waals surface area (Å²) in [6.07, 6.45) is 6.57. The second kappa shape index (κ2) is 41.0. The smallest absolute Gasteiger partial charge is 0.548 e. The summed E-state index contributed by atoms with van der Waals surface area (Å²) in [6, 6.07) is 20.7. The molecular weight excluding hydrogens is 1490 g/mol. The van der Waals surface area contributed by atoms with Crippen LogP contribution in [0.2, 0.25) is 0 Å². The van der Waals surface area contributed by atoms with Gasteiger partial charge in [-0.15, -0.1) is 0 Å². The zero-order valence-corrected chi connectivity index (χ0v) is 64.3. The Morgan fingerprint density at radius 3 is 0.471 bits per heavy atom. The predicted molar refractivity (Wildman–Crippen MR) is 361 cm³/mol. The molecule has 8 amide bonds. The summed E-state index contributed by atoms with van der Waals surface area (Å²) >= 11 is 0. The Morgan fingerprint density at radius 1 is 0.284 bits per heavy atom. The van der Waals surface area contributed by atoms with Crippen LogP contribution in [0.1, 0.15) is 271 Å². The summed E-state index contributed by atoms with van der Waals surface area (Å²) in [7, 11) is 0. The number of rotatable bonds is 26. The molecule has 4 aromatic carbocycles. The van der Waals surface area contributed by atoms with Crippen molar-refractivity contribution in [1.29, 1.82) is 0 Å². The Labute approximate surface area is 623 Å². The monoisotopic (exact) mass is 1590 g/mol. The zero-order chi connectivity index (χ0) is 75.9. The quantitative estimate of drug-likeness (QED) is 0.0331. The molecule has 0 unspecified atom stereocenters. The molecule has 0 fully saturated rings. The second-order valence-electron chi connectivity index (χ2n) is 24.5. The third kappa shape index (κ3) is 19.2. The summed E-state index contributed by atoms with van der Waals surface area (Å²) in [4.78, 5) is 171. The predicted octanol–water partition coefficient (Wildman–Crippen LogP) is 7.60. The number of imide groups is 4. The number of carboxylic acids is 4. The molecule has 4 aromatic rings. The average molecular weight is 1590 g/mol. The van der Waals surface area contributed by atoms with Crippen LogP contribution in [-0.2, 0) is 77.2 Å². The van der Waals surface area contributed by atoms with Gasteiger partial charge in [-0.25, -0.2) is 0 Å². The van der Waals surface area contributed by atoms with Gasteiger partial charge in [-0.05, 0) is 161 Å². The number of carboxylic acid groups (broad SMARTS) is 4. The van der Waals surface area contributed by atoms with E-state index in [1.54, 1.807) is 111 Å². The van der Waals surface area contributed by atoms with Gasteiger partial charge in [0.05, 0.1) is 106 Å². The molecule has 0 bridgehead atoms. The van der Waals surface area contributed by atoms with Crippen LogP contribution in [-0.4, -0.2) is 140 Å². The van der Waals surface area contributed by atoms with Crippen LogP contribution in [0, 0.1) is 21.7 Å². The van der Waals surface area contributed by atoms with Gasteiger partial charge in [-0.2, -0.15) is 0 Å². The minimum absolute atomic E-state index is 0. The maximum absolute atomic E-state index is 12.6. The fraction of sp³-hybridized carbons (Fsp3) is 0.500. The van der Waals surface area contributed by atoms with Crippen LogP contribution in [0.5, 0.6) is 0 Å². The number of fused-ring (bicyclic) bond motifs is 4. The van der Waals surface area contributed by atoms with E-state index in [1.165, 1.54) is 13.8 Å². The molecule has 24 nitrogen and oxygen atoms in total. The third-order valence-electron chi connectivity index (χ3n) is 20.7. The first-order valence-corrected chi connectivity index (χ1v) is 34.2. The van der Waals surface area contributed by atoms with E-state index in [0.29, 0.717) is 90.3 Å². The second-order valence-corrected chi connectivity index (χ2v) is 24.5. The summed E-state index contributed by atoms with van der Waals surface area (Å²) in [5.41, 5.74) is -0.616. The van der Waals surface area contributed by atoms with E-state index in [0.717, 1.165) is 19.6 Å². The SMILES string of the molecule is CCC(CC)(CC)[C@@H](C(=O)[O-])N1C(=O)c2ccccc2C1=O.CCC(CC)(CC)[C@@H](C(=O)[O-])N1C(=O)c2ccccc2C1=O.CCC(CC)(CC)[C@@H](C(=O)[O-])N1C(=O)c2ccccc2C1=O.CCC(CC)(CC)[C@@H](C(=O)[O-])N1C(=O)c2ccccc2C1=O.CCOC(C)=O.CCOC(C)=O.[Rh+2].[Rh+2]. The molecular formula is C76H96N4O20Rh2. The topological polar surface area (TPSA) is 363 Å². The molecule has 0 spiro atoms. The Balaban J connectivity index is 0.000000640. The first-order chi connectivity index (χ1) is 47.3. The minimum Gasteiger partial charge on any atom is -0.548 e. The first kappa shape index (κ1) is 91.5. The van der Waals surface area contributed by atoms with Gasteiger partial charge < -0.3 is 49.1 Å². The Morgan fingerprint density at radius 2 is 0.402 bits per heavy atom. The van der Waals surface area contributed by atoms with Crippen molar-refractivity contribution in [2.24, 2.45) is 21.7 Å². The molecule has 4 aliphatic rings. The van der Waals surface area contributed by atoms with Gasteiger partial charge in [-0.3, -0.25) is 67.5 Å². The minimum atomic E-state index is -1.37. The van der Waals surface area contributed by atoms with Crippen molar-refractivity contribution in [2.45, 2.75) is 212 Å². The van der Waals surface area contributed by atoms with Crippen LogP contribution in [0.4, 0.5) is 0 Å². The van der Waals surface area contributed by atoms with Crippen LogP contribution >= 0.6 is 0 Å². The number of amides is 8. The van der Waals surface area contributed by atoms with Crippen molar-refractivity contribution in [2.75, 3.05) is 13.2 Å². The summed E-state index contributed by atoms with van der Waals surface area (Å²) in [5.74, 6) is -10.3. The van der Waals surface area contributed by atoms with Crippen LogP contribution < -0.4 is 20.4 Å². The van der Waals surface area contributed by atoms with Crippen LogP contribution in [0.25, 0.3) is 0 Å². The number of benzene rings is 4. The molecule has 0 aliphatic carbocycles. The van der Waals surface area contributed by atoms with E-state index in [1.807, 2.05) is 83.1 Å². The fourth-order valence-corrected chi connectivity index (χ4v) is 14.0. The van der Waals surface area contributed by atoms with E-state index in [9.17, 15) is 87.5 Å². The van der Waals surface area contributed by atoms with Crippen molar-refractivity contribution >= 4 is 83.1 Å². The van der Waals surface area contributed by atoms with Crippen molar-refractivity contribution < 1.29 is 136 Å². The van der Waals surface area contributed by atoms with E-state index in [-0.39, 0.29) is 95.4 Å². The molecule has 0 N–H and O–H groups in total. The molecule has 4 atom stereocenters. The molecule has 8 rings (SSSR count). The van der Waals surface area contributed by atoms with Crippen molar-refractivity contribution in [3.05, 3.63) is 142 Å². The van der Waals surface area contributed by atoms with E-state index in [2.05, 4.69) is 9.47 Å². The standard InChI is InChI=1S/4C17H21NO4.2C4H8O2.2Rh/c4*1-4-17(5-2,6-3)13(16(21)22)18-14(19)11-9-7-8-10-12(11)15(18)20;2*1-3-6-4(2)5;;/h4*7-10,13H,4-6H2,1-3H3,(H,21,22);2*3H2,1-2H3;;/q;;;;;;2*+2/p-4/t4*13-;;;;/m1111..../s1. The zero-order valence-electron chi connectivity index (χ0n) is 61.1. The van der Waals surface area contributed by atoms with Crippen LogP contribution in [0.15, 0.2) is 97.1 Å². The van der Waals surface area contributed by atoms with Crippen LogP contribution in [0.3, 0.4) is 0 Å². The molecule has 4 aliphatic heterocycles. The van der Waals surface area contributed by atoms with E-state index in [4.69, 9.17) is 0 Å². The Kier molecular flexibility index (Phi) is 36.8. The number of carbonyl (C=O) groups is 14. The fourth-order valence-electron chi connectivity index (χ4n) is 14.0. The molecule has 102 heavy (non-hydrogen) atoms. The van der Waals surface area contributed by atoms with Gasteiger partial charge in [0.2, 0.25) is 0 Å². The van der Waals surface area contributed by atoms with Crippen molar-refractivity contribution in [3.63, 3.8) is 0 Å². The number of hydrogen-bond donors (Lipinski definition) is 0. The summed E-state index contributed by atoms with van der Waals surface area (Å²) in [6.45, 7) is 29.8. The number of aliphatic carboxylic acids is 4. The van der Waals surface area contributed by atoms with Gasteiger partial charge in [-0.1, -0.05) is 132 Å². The van der Waals surface area contributed by atoms with Gasteiger partial charge in [0, 0.05) is 13.8 Å².